The van der Waals surface area contributed by atoms with Gasteiger partial charge in [-0.2, -0.15) is 0 Å². The predicted octanol–water partition coefficient (Wildman–Crippen LogP) is 0.685. The summed E-state index contributed by atoms with van der Waals surface area (Å²) in [7, 11) is 1.21. The molecule has 1 aliphatic rings. The Bertz CT molecular complexity index is 306. The molecule has 11 heavy (non-hydrogen) atoms. The molecule has 0 spiro atoms. The molecular weight excluding hydrogens is 184 g/mol. The minimum absolute atomic E-state index is 0.0260. The van der Waals surface area contributed by atoms with E-state index in [-0.39, 0.29) is 11.0 Å². The molecule has 1 heterocycles. The molecule has 3 nitrogen and oxygen atoms in total. The van der Waals surface area contributed by atoms with Gasteiger partial charge in [-0.25, -0.2) is 4.79 Å². The van der Waals surface area contributed by atoms with E-state index < -0.39 is 5.97 Å². The van der Waals surface area contributed by atoms with E-state index in [2.05, 4.69) is 22.0 Å². The van der Waals surface area contributed by atoms with Crippen LogP contribution in [0.25, 0.3) is 0 Å². The lowest BCUT2D eigenvalue weighted by molar-refractivity contribution is -0.129. The van der Waals surface area contributed by atoms with Crippen LogP contribution in [0.1, 0.15) is 6.92 Å². The van der Waals surface area contributed by atoms with Crippen molar-refractivity contribution in [3.8, 4) is 0 Å². The molecular formula is C6H4O3S2. The van der Waals surface area contributed by atoms with Crippen LogP contribution in [0.15, 0.2) is 5.76 Å². The monoisotopic (exact) mass is 188 g/mol. The Kier molecular flexibility index (Phi) is 2.59. The van der Waals surface area contributed by atoms with Gasteiger partial charge in [0.2, 0.25) is 0 Å². The number of esters is 1. The molecule has 0 N–H and O–H groups in total. The lowest BCUT2D eigenvalue weighted by Crippen LogP contribution is -1.95. The quantitative estimate of drug-likeness (QED) is 0.318. The Morgan fingerprint density at radius 3 is 2.82 bits per heavy atom. The lowest BCUT2D eigenvalue weighted by atomic mass is 10.6. The summed E-state index contributed by atoms with van der Waals surface area (Å²) in [5.74, 6) is -0.553. The molecule has 5 heteroatoms. The van der Waals surface area contributed by atoms with Gasteiger partial charge in [0.05, 0.1) is 0 Å². The standard InChI is InChI=1S/C6H4O3S2/c1-2-11-3-4-5(7)9-6(10)8-4/h2H,1H3. The van der Waals surface area contributed by atoms with Crippen molar-refractivity contribution in [3.63, 3.8) is 0 Å². The van der Waals surface area contributed by atoms with Gasteiger partial charge in [-0.3, -0.25) is 0 Å². The van der Waals surface area contributed by atoms with Crippen LogP contribution in [0.4, 0.5) is 0 Å². The molecule has 0 aliphatic carbocycles. The van der Waals surface area contributed by atoms with Crippen LogP contribution in [0, 0.1) is 0 Å². The molecule has 58 valence electrons. The van der Waals surface area contributed by atoms with Crippen molar-refractivity contribution in [1.82, 2.24) is 0 Å². The van der Waals surface area contributed by atoms with Crippen molar-refractivity contribution in [2.45, 2.75) is 6.92 Å². The number of cyclic esters (lactones) is 1. The Morgan fingerprint density at radius 1 is 1.64 bits per heavy atom. The molecule has 1 aliphatic heterocycles. The first kappa shape index (κ1) is 8.20. The fraction of sp³-hybridized carbons (Fsp3) is 0.167. The number of hydrogen-bond donors (Lipinski definition) is 0. The van der Waals surface area contributed by atoms with E-state index in [0.29, 0.717) is 0 Å². The van der Waals surface area contributed by atoms with E-state index in [9.17, 15) is 4.79 Å². The largest absolute Gasteiger partial charge is 0.400 e. The second-order valence-electron chi connectivity index (χ2n) is 1.53. The van der Waals surface area contributed by atoms with Crippen molar-refractivity contribution in [2.24, 2.45) is 0 Å². The van der Waals surface area contributed by atoms with E-state index >= 15 is 0 Å². The van der Waals surface area contributed by atoms with Crippen molar-refractivity contribution < 1.29 is 14.3 Å². The topological polar surface area (TPSA) is 35.5 Å². The van der Waals surface area contributed by atoms with Gasteiger partial charge in [0.25, 0.3) is 5.76 Å². The Morgan fingerprint density at radius 2 is 2.36 bits per heavy atom. The van der Waals surface area contributed by atoms with E-state index in [4.69, 9.17) is 4.74 Å². The maximum Gasteiger partial charge on any atom is 0.392 e. The minimum atomic E-state index is -0.579. The maximum absolute atomic E-state index is 10.7. The van der Waals surface area contributed by atoms with Crippen LogP contribution in [0.3, 0.4) is 0 Å². The fourth-order valence-electron chi connectivity index (χ4n) is 0.443. The molecule has 0 aromatic heterocycles. The zero-order chi connectivity index (χ0) is 8.27. The number of carbonyl (C=O) groups is 1. The van der Waals surface area contributed by atoms with Crippen LogP contribution >= 0.6 is 23.2 Å². The predicted molar refractivity (Wildman–Crippen MR) is 47.6 cm³/mol. The molecule has 1 saturated heterocycles. The summed E-state index contributed by atoms with van der Waals surface area (Å²) in [6.45, 7) is 1.82. The Labute approximate surface area is 72.1 Å². The van der Waals surface area contributed by atoms with Gasteiger partial charge in [0.15, 0.2) is 0 Å². The highest BCUT2D eigenvalue weighted by Crippen LogP contribution is 2.08. The van der Waals surface area contributed by atoms with Crippen molar-refractivity contribution >= 4 is 44.8 Å². The van der Waals surface area contributed by atoms with Crippen LogP contribution < -0.4 is 0 Å². The molecule has 0 saturated carbocycles. The van der Waals surface area contributed by atoms with Crippen LogP contribution in [0.2, 0.25) is 0 Å². The summed E-state index contributed by atoms with van der Waals surface area (Å²) < 4.78 is 9.11. The normalized spacial score (nSPS) is 15.2. The van der Waals surface area contributed by atoms with Gasteiger partial charge in [0, 0.05) is 12.2 Å². The van der Waals surface area contributed by atoms with Crippen molar-refractivity contribution in [2.75, 3.05) is 0 Å². The highest BCUT2D eigenvalue weighted by molar-refractivity contribution is 7.95. The summed E-state index contributed by atoms with van der Waals surface area (Å²) in [4.78, 5) is 10.7. The number of ether oxygens (including phenoxy) is 2. The third-order valence-corrected chi connectivity index (χ3v) is 1.52. The molecule has 0 aromatic rings. The first-order chi connectivity index (χ1) is 5.24. The molecule has 1 rings (SSSR count). The zero-order valence-electron chi connectivity index (χ0n) is 5.62. The highest BCUT2D eigenvalue weighted by Gasteiger charge is 2.26. The summed E-state index contributed by atoms with van der Waals surface area (Å²) in [5.41, 5.74) is 0. The summed E-state index contributed by atoms with van der Waals surface area (Å²) >= 11 is 4.48. The van der Waals surface area contributed by atoms with E-state index in [1.54, 1.807) is 5.37 Å². The molecule has 0 atom stereocenters. The molecule has 0 bridgehead atoms. The molecule has 0 unspecified atom stereocenters. The average Bonchev–Trinajstić information content (AvgIpc) is 2.26. The third-order valence-electron chi connectivity index (χ3n) is 0.816. The third kappa shape index (κ3) is 2.01. The number of rotatable bonds is 0. The van der Waals surface area contributed by atoms with Gasteiger partial charge < -0.3 is 9.47 Å². The second-order valence-corrected chi connectivity index (χ2v) is 2.77. The fourth-order valence-corrected chi connectivity index (χ4v) is 0.952. The van der Waals surface area contributed by atoms with Gasteiger partial charge >= 0.3 is 11.2 Å². The summed E-state index contributed by atoms with van der Waals surface area (Å²) in [6.07, 6.45) is 0. The minimum Gasteiger partial charge on any atom is -0.400 e. The molecule has 0 radical (unpaired) electrons. The van der Waals surface area contributed by atoms with Gasteiger partial charge in [0.1, 0.15) is 0 Å². The second kappa shape index (κ2) is 3.48. The zero-order valence-corrected chi connectivity index (χ0v) is 7.25. The van der Waals surface area contributed by atoms with Gasteiger partial charge in [-0.15, -0.1) is 10.9 Å². The number of hydrogen-bond acceptors (Lipinski definition) is 4. The van der Waals surface area contributed by atoms with Crippen LogP contribution in [0.5, 0.6) is 0 Å². The van der Waals surface area contributed by atoms with E-state index in [1.165, 1.54) is 10.9 Å². The van der Waals surface area contributed by atoms with Crippen LogP contribution in [-0.4, -0.2) is 21.6 Å². The average molecular weight is 188 g/mol. The van der Waals surface area contributed by atoms with E-state index in [0.717, 1.165) is 0 Å². The van der Waals surface area contributed by atoms with Crippen LogP contribution in [-0.2, 0) is 14.3 Å². The van der Waals surface area contributed by atoms with Crippen molar-refractivity contribution in [3.05, 3.63) is 5.76 Å². The first-order valence-electron chi connectivity index (χ1n) is 2.74. The van der Waals surface area contributed by atoms with Gasteiger partial charge in [-0.05, 0) is 17.3 Å². The number of carbonyl (C=O) groups excluding carboxylic acids is 1. The number of thiocarbonyl (C=S) groups is 1. The highest BCUT2D eigenvalue weighted by atomic mass is 32.1. The summed E-state index contributed by atoms with van der Waals surface area (Å²) in [6, 6.07) is 0. The SMILES string of the molecule is CC=S=C=C1OC(=S)OC1=O. The summed E-state index contributed by atoms with van der Waals surface area (Å²) in [5, 5.41) is 4.20. The Balaban J connectivity index is 3.01. The van der Waals surface area contributed by atoms with E-state index in [1.807, 2.05) is 6.92 Å². The van der Waals surface area contributed by atoms with Gasteiger partial charge in [-0.1, -0.05) is 0 Å². The molecule has 1 fully saturated rings. The molecule has 0 aromatic carbocycles. The Hall–Kier alpha value is -0.900. The lowest BCUT2D eigenvalue weighted by Gasteiger charge is -1.81. The molecule has 0 amide bonds. The first-order valence-corrected chi connectivity index (χ1v) is 4.03. The maximum atomic E-state index is 10.7. The van der Waals surface area contributed by atoms with Crippen molar-refractivity contribution in [1.29, 1.82) is 0 Å². The smallest absolute Gasteiger partial charge is 0.392 e.